The molecule has 84 valence electrons. The van der Waals surface area contributed by atoms with Gasteiger partial charge in [0.2, 0.25) is 0 Å². The molecule has 0 bridgehead atoms. The van der Waals surface area contributed by atoms with E-state index in [1.807, 2.05) is 0 Å². The summed E-state index contributed by atoms with van der Waals surface area (Å²) < 4.78 is 0. The molecule has 0 aromatic heterocycles. The summed E-state index contributed by atoms with van der Waals surface area (Å²) in [6, 6.07) is 0. The standard InChI is InChI=1S/C12H26N2/c1-11(9-12(2,3)4)10-14-7-5-13-6-8-14/h11,13H,5-10H2,1-4H3. The van der Waals surface area contributed by atoms with Crippen molar-refractivity contribution in [3.8, 4) is 0 Å². The van der Waals surface area contributed by atoms with Crippen LogP contribution in [0.1, 0.15) is 34.1 Å². The smallest absolute Gasteiger partial charge is 0.0107 e. The van der Waals surface area contributed by atoms with E-state index in [1.54, 1.807) is 0 Å². The Morgan fingerprint density at radius 1 is 1.21 bits per heavy atom. The van der Waals surface area contributed by atoms with Gasteiger partial charge in [0.15, 0.2) is 0 Å². The Bertz CT molecular complexity index is 154. The summed E-state index contributed by atoms with van der Waals surface area (Å²) in [6.07, 6.45) is 1.33. The molecule has 1 unspecified atom stereocenters. The van der Waals surface area contributed by atoms with E-state index >= 15 is 0 Å². The van der Waals surface area contributed by atoms with Gasteiger partial charge in [0.05, 0.1) is 0 Å². The normalized spacial score (nSPS) is 22.3. The fourth-order valence-corrected chi connectivity index (χ4v) is 2.44. The van der Waals surface area contributed by atoms with Crippen LogP contribution >= 0.6 is 0 Å². The molecule has 1 atom stereocenters. The quantitative estimate of drug-likeness (QED) is 0.746. The van der Waals surface area contributed by atoms with Gasteiger partial charge in [0, 0.05) is 32.7 Å². The van der Waals surface area contributed by atoms with Crippen LogP contribution in [0, 0.1) is 11.3 Å². The lowest BCUT2D eigenvalue weighted by Gasteiger charge is -2.32. The Kier molecular flexibility index (Phi) is 4.39. The number of hydrogen-bond acceptors (Lipinski definition) is 2. The average molecular weight is 198 g/mol. The van der Waals surface area contributed by atoms with Gasteiger partial charge in [-0.1, -0.05) is 27.7 Å². The summed E-state index contributed by atoms with van der Waals surface area (Å²) >= 11 is 0. The lowest BCUT2D eigenvalue weighted by molar-refractivity contribution is 0.183. The SMILES string of the molecule is CC(CN1CCNCC1)CC(C)(C)C. The van der Waals surface area contributed by atoms with Crippen molar-refractivity contribution in [1.82, 2.24) is 10.2 Å². The maximum absolute atomic E-state index is 3.39. The Balaban J connectivity index is 2.21. The molecule has 0 aliphatic carbocycles. The molecule has 2 heteroatoms. The van der Waals surface area contributed by atoms with Crippen molar-refractivity contribution >= 4 is 0 Å². The van der Waals surface area contributed by atoms with Gasteiger partial charge in [-0.05, 0) is 17.8 Å². The molecule has 1 aliphatic rings. The first-order valence-corrected chi connectivity index (χ1v) is 5.90. The molecule has 0 amide bonds. The number of nitrogens with one attached hydrogen (secondary N) is 1. The van der Waals surface area contributed by atoms with Gasteiger partial charge in [0.25, 0.3) is 0 Å². The summed E-state index contributed by atoms with van der Waals surface area (Å²) in [6.45, 7) is 15.5. The predicted octanol–water partition coefficient (Wildman–Crippen LogP) is 1.96. The van der Waals surface area contributed by atoms with E-state index in [4.69, 9.17) is 0 Å². The second-order valence-electron chi connectivity index (χ2n) is 5.92. The molecule has 0 radical (unpaired) electrons. The molecule has 1 aliphatic heterocycles. The minimum atomic E-state index is 0.480. The third kappa shape index (κ3) is 4.97. The second-order valence-corrected chi connectivity index (χ2v) is 5.92. The molecule has 0 aromatic rings. The fourth-order valence-electron chi connectivity index (χ4n) is 2.44. The number of piperazine rings is 1. The zero-order chi connectivity index (χ0) is 10.6. The largest absolute Gasteiger partial charge is 0.314 e. The van der Waals surface area contributed by atoms with Crippen LogP contribution in [-0.4, -0.2) is 37.6 Å². The molecule has 0 saturated carbocycles. The summed E-state index contributed by atoms with van der Waals surface area (Å²) in [5.41, 5.74) is 0.480. The van der Waals surface area contributed by atoms with Crippen molar-refractivity contribution in [2.24, 2.45) is 11.3 Å². The van der Waals surface area contributed by atoms with Crippen LogP contribution in [0.25, 0.3) is 0 Å². The number of nitrogens with zero attached hydrogens (tertiary/aromatic N) is 1. The van der Waals surface area contributed by atoms with E-state index in [9.17, 15) is 0 Å². The lowest BCUT2D eigenvalue weighted by atomic mass is 9.85. The molecule has 1 saturated heterocycles. The van der Waals surface area contributed by atoms with Crippen LogP contribution in [0.2, 0.25) is 0 Å². The van der Waals surface area contributed by atoms with Crippen molar-refractivity contribution in [2.75, 3.05) is 32.7 Å². The van der Waals surface area contributed by atoms with E-state index in [-0.39, 0.29) is 0 Å². The Hall–Kier alpha value is -0.0800. The molecule has 1 fully saturated rings. The highest BCUT2D eigenvalue weighted by Crippen LogP contribution is 2.24. The van der Waals surface area contributed by atoms with E-state index in [0.29, 0.717) is 5.41 Å². The molecule has 1 rings (SSSR count). The molecule has 0 aromatic carbocycles. The summed E-state index contributed by atoms with van der Waals surface area (Å²) in [7, 11) is 0. The van der Waals surface area contributed by atoms with E-state index < -0.39 is 0 Å². The Morgan fingerprint density at radius 2 is 1.79 bits per heavy atom. The van der Waals surface area contributed by atoms with Crippen molar-refractivity contribution < 1.29 is 0 Å². The summed E-state index contributed by atoms with van der Waals surface area (Å²) in [4.78, 5) is 2.59. The Labute approximate surface area is 89.1 Å². The highest BCUT2D eigenvalue weighted by molar-refractivity contribution is 4.73. The molecule has 14 heavy (non-hydrogen) atoms. The van der Waals surface area contributed by atoms with Crippen LogP contribution in [0.15, 0.2) is 0 Å². The molecule has 0 spiro atoms. The third-order valence-electron chi connectivity index (χ3n) is 2.74. The minimum absolute atomic E-state index is 0.480. The molecule has 1 N–H and O–H groups in total. The first kappa shape index (κ1) is 12.0. The van der Waals surface area contributed by atoms with Gasteiger partial charge in [-0.15, -0.1) is 0 Å². The van der Waals surface area contributed by atoms with Crippen LogP contribution in [0.4, 0.5) is 0 Å². The van der Waals surface area contributed by atoms with Gasteiger partial charge >= 0.3 is 0 Å². The first-order chi connectivity index (χ1) is 6.47. The van der Waals surface area contributed by atoms with Crippen LogP contribution in [0.5, 0.6) is 0 Å². The zero-order valence-corrected chi connectivity index (χ0v) is 10.3. The van der Waals surface area contributed by atoms with Crippen molar-refractivity contribution in [3.63, 3.8) is 0 Å². The highest BCUT2D eigenvalue weighted by Gasteiger charge is 2.18. The minimum Gasteiger partial charge on any atom is -0.314 e. The van der Waals surface area contributed by atoms with Gasteiger partial charge in [0.1, 0.15) is 0 Å². The molecular weight excluding hydrogens is 172 g/mol. The summed E-state index contributed by atoms with van der Waals surface area (Å²) in [5.74, 6) is 0.827. The predicted molar refractivity (Wildman–Crippen MR) is 62.5 cm³/mol. The lowest BCUT2D eigenvalue weighted by Crippen LogP contribution is -2.45. The summed E-state index contributed by atoms with van der Waals surface area (Å²) in [5, 5.41) is 3.39. The zero-order valence-electron chi connectivity index (χ0n) is 10.3. The van der Waals surface area contributed by atoms with E-state index in [1.165, 1.54) is 39.1 Å². The van der Waals surface area contributed by atoms with E-state index in [0.717, 1.165) is 5.92 Å². The van der Waals surface area contributed by atoms with Crippen LogP contribution < -0.4 is 5.32 Å². The number of hydrogen-bond donors (Lipinski definition) is 1. The van der Waals surface area contributed by atoms with Gasteiger partial charge in [-0.3, -0.25) is 0 Å². The number of rotatable bonds is 3. The van der Waals surface area contributed by atoms with Gasteiger partial charge in [-0.25, -0.2) is 0 Å². The highest BCUT2D eigenvalue weighted by atomic mass is 15.2. The Morgan fingerprint density at radius 3 is 2.29 bits per heavy atom. The van der Waals surface area contributed by atoms with Crippen LogP contribution in [0.3, 0.4) is 0 Å². The second kappa shape index (κ2) is 5.13. The van der Waals surface area contributed by atoms with Crippen LogP contribution in [-0.2, 0) is 0 Å². The van der Waals surface area contributed by atoms with Gasteiger partial charge < -0.3 is 10.2 Å². The van der Waals surface area contributed by atoms with Crippen molar-refractivity contribution in [1.29, 1.82) is 0 Å². The van der Waals surface area contributed by atoms with E-state index in [2.05, 4.69) is 37.9 Å². The molecule has 1 heterocycles. The van der Waals surface area contributed by atoms with Crippen molar-refractivity contribution in [2.45, 2.75) is 34.1 Å². The fraction of sp³-hybridized carbons (Fsp3) is 1.00. The average Bonchev–Trinajstić information content (AvgIpc) is 2.02. The molecular formula is C12H26N2. The van der Waals surface area contributed by atoms with Gasteiger partial charge in [-0.2, -0.15) is 0 Å². The monoisotopic (exact) mass is 198 g/mol. The third-order valence-corrected chi connectivity index (χ3v) is 2.74. The molecule has 2 nitrogen and oxygen atoms in total. The van der Waals surface area contributed by atoms with Crippen molar-refractivity contribution in [3.05, 3.63) is 0 Å². The first-order valence-electron chi connectivity index (χ1n) is 5.90. The topological polar surface area (TPSA) is 15.3 Å². The maximum atomic E-state index is 3.39. The maximum Gasteiger partial charge on any atom is 0.0107 e.